The second-order valence-corrected chi connectivity index (χ2v) is 4.23. The Morgan fingerprint density at radius 2 is 2.14 bits per heavy atom. The average molecular weight is 199 g/mol. The summed E-state index contributed by atoms with van der Waals surface area (Å²) in [4.78, 5) is 13.3. The van der Waals surface area contributed by atoms with Crippen molar-refractivity contribution >= 4 is 5.91 Å². The first-order valence-corrected chi connectivity index (χ1v) is 5.32. The van der Waals surface area contributed by atoms with Gasteiger partial charge < -0.3 is 16.0 Å². The molecule has 14 heavy (non-hydrogen) atoms. The van der Waals surface area contributed by atoms with Crippen molar-refractivity contribution < 1.29 is 4.79 Å². The van der Waals surface area contributed by atoms with Crippen molar-refractivity contribution in [2.24, 2.45) is 11.7 Å². The number of piperidine rings is 1. The van der Waals surface area contributed by atoms with Gasteiger partial charge in [0.15, 0.2) is 0 Å². The van der Waals surface area contributed by atoms with Gasteiger partial charge in [-0.15, -0.1) is 0 Å². The van der Waals surface area contributed by atoms with Crippen molar-refractivity contribution in [2.45, 2.75) is 25.8 Å². The maximum atomic E-state index is 11.0. The molecule has 4 nitrogen and oxygen atoms in total. The normalized spacial score (nSPS) is 22.1. The van der Waals surface area contributed by atoms with E-state index < -0.39 is 0 Å². The monoisotopic (exact) mass is 199 g/mol. The van der Waals surface area contributed by atoms with Gasteiger partial charge in [0.2, 0.25) is 5.91 Å². The number of nitrogens with one attached hydrogen (secondary N) is 1. The molecule has 4 heteroatoms. The zero-order chi connectivity index (χ0) is 10.6. The van der Waals surface area contributed by atoms with Crippen molar-refractivity contribution in [2.75, 3.05) is 26.7 Å². The Balaban J connectivity index is 2.32. The first-order chi connectivity index (χ1) is 6.63. The first kappa shape index (κ1) is 11.5. The quantitative estimate of drug-likeness (QED) is 0.659. The van der Waals surface area contributed by atoms with Gasteiger partial charge in [0.05, 0.1) is 6.04 Å². The van der Waals surface area contributed by atoms with Gasteiger partial charge in [-0.1, -0.05) is 6.92 Å². The summed E-state index contributed by atoms with van der Waals surface area (Å²) in [5.74, 6) is 0.569. The van der Waals surface area contributed by atoms with E-state index in [1.165, 1.54) is 12.8 Å². The summed E-state index contributed by atoms with van der Waals surface area (Å²) in [6.45, 7) is 5.21. The standard InChI is InChI=1S/C10H21N3O/c1-8-3-5-13(6-4-8)7-9(12-2)10(11)14/h8-9,12H,3-7H2,1-2H3,(H2,11,14). The van der Waals surface area contributed by atoms with Gasteiger partial charge >= 0.3 is 0 Å². The number of likely N-dealkylation sites (tertiary alicyclic amines) is 1. The molecule has 1 aliphatic rings. The van der Waals surface area contributed by atoms with Gasteiger partial charge in [0.1, 0.15) is 0 Å². The molecule has 0 bridgehead atoms. The first-order valence-electron chi connectivity index (χ1n) is 5.32. The molecule has 0 aromatic carbocycles. The topological polar surface area (TPSA) is 58.4 Å². The molecule has 0 aromatic rings. The Kier molecular flexibility index (Phi) is 4.35. The molecule has 1 unspecified atom stereocenters. The van der Waals surface area contributed by atoms with Crippen LogP contribution < -0.4 is 11.1 Å². The maximum Gasteiger partial charge on any atom is 0.235 e. The summed E-state index contributed by atoms with van der Waals surface area (Å²) in [7, 11) is 1.78. The van der Waals surface area contributed by atoms with Crippen LogP contribution in [0.3, 0.4) is 0 Å². The third kappa shape index (κ3) is 3.27. The van der Waals surface area contributed by atoms with E-state index in [1.807, 2.05) is 0 Å². The highest BCUT2D eigenvalue weighted by Gasteiger charge is 2.20. The number of likely N-dealkylation sites (N-methyl/N-ethyl adjacent to an activating group) is 1. The summed E-state index contributed by atoms with van der Waals surface area (Å²) in [6, 6.07) is -0.205. The summed E-state index contributed by atoms with van der Waals surface area (Å²) in [5.41, 5.74) is 5.26. The summed E-state index contributed by atoms with van der Waals surface area (Å²) >= 11 is 0. The summed E-state index contributed by atoms with van der Waals surface area (Å²) in [5, 5.41) is 2.94. The Hall–Kier alpha value is -0.610. The van der Waals surface area contributed by atoms with E-state index in [0.29, 0.717) is 0 Å². The fourth-order valence-corrected chi connectivity index (χ4v) is 1.83. The van der Waals surface area contributed by atoms with E-state index in [-0.39, 0.29) is 11.9 Å². The van der Waals surface area contributed by atoms with Crippen LogP contribution in [0.25, 0.3) is 0 Å². The van der Waals surface area contributed by atoms with Crippen LogP contribution in [-0.4, -0.2) is 43.5 Å². The molecule has 1 aliphatic heterocycles. The highest BCUT2D eigenvalue weighted by Crippen LogP contribution is 2.15. The highest BCUT2D eigenvalue weighted by atomic mass is 16.1. The fourth-order valence-electron chi connectivity index (χ4n) is 1.83. The molecule has 0 aromatic heterocycles. The van der Waals surface area contributed by atoms with Crippen LogP contribution in [0.5, 0.6) is 0 Å². The molecule has 1 fully saturated rings. The van der Waals surface area contributed by atoms with Crippen molar-refractivity contribution in [1.82, 2.24) is 10.2 Å². The van der Waals surface area contributed by atoms with Crippen LogP contribution in [0.15, 0.2) is 0 Å². The van der Waals surface area contributed by atoms with Crippen LogP contribution in [-0.2, 0) is 4.79 Å². The van der Waals surface area contributed by atoms with Crippen LogP contribution in [0.4, 0.5) is 0 Å². The lowest BCUT2D eigenvalue weighted by atomic mass is 9.99. The Bertz CT molecular complexity index is 188. The summed E-state index contributed by atoms with van der Waals surface area (Å²) in [6.07, 6.45) is 2.46. The molecule has 1 heterocycles. The molecular weight excluding hydrogens is 178 g/mol. The van der Waals surface area contributed by atoms with Gasteiger partial charge in [-0.25, -0.2) is 0 Å². The molecule has 1 rings (SSSR count). The lowest BCUT2D eigenvalue weighted by molar-refractivity contribution is -0.120. The van der Waals surface area contributed by atoms with Gasteiger partial charge in [0, 0.05) is 6.54 Å². The molecule has 3 N–H and O–H groups in total. The number of rotatable bonds is 4. The number of carbonyl (C=O) groups excluding carboxylic acids is 1. The van der Waals surface area contributed by atoms with Gasteiger partial charge in [-0.05, 0) is 38.9 Å². The second kappa shape index (κ2) is 5.32. The number of nitrogens with zero attached hydrogens (tertiary/aromatic N) is 1. The number of amides is 1. The smallest absolute Gasteiger partial charge is 0.235 e. The number of hydrogen-bond acceptors (Lipinski definition) is 3. The molecule has 1 saturated heterocycles. The van der Waals surface area contributed by atoms with Crippen molar-refractivity contribution in [3.63, 3.8) is 0 Å². The summed E-state index contributed by atoms with van der Waals surface area (Å²) < 4.78 is 0. The van der Waals surface area contributed by atoms with E-state index in [0.717, 1.165) is 25.6 Å². The van der Waals surface area contributed by atoms with Crippen molar-refractivity contribution in [3.05, 3.63) is 0 Å². The van der Waals surface area contributed by atoms with Crippen molar-refractivity contribution in [3.8, 4) is 0 Å². The van der Waals surface area contributed by atoms with E-state index >= 15 is 0 Å². The van der Waals surface area contributed by atoms with Gasteiger partial charge in [-0.3, -0.25) is 4.79 Å². The van der Waals surface area contributed by atoms with Crippen LogP contribution in [0, 0.1) is 5.92 Å². The zero-order valence-electron chi connectivity index (χ0n) is 9.12. The minimum absolute atomic E-state index is 0.205. The molecule has 0 saturated carbocycles. The minimum Gasteiger partial charge on any atom is -0.368 e. The molecule has 1 atom stereocenters. The van der Waals surface area contributed by atoms with Crippen LogP contribution in [0.1, 0.15) is 19.8 Å². The van der Waals surface area contributed by atoms with Gasteiger partial charge in [0.25, 0.3) is 0 Å². The van der Waals surface area contributed by atoms with E-state index in [9.17, 15) is 4.79 Å². The number of primary amides is 1. The molecule has 82 valence electrons. The lowest BCUT2D eigenvalue weighted by Gasteiger charge is -2.32. The molecule has 0 radical (unpaired) electrons. The molecule has 1 amide bonds. The largest absolute Gasteiger partial charge is 0.368 e. The van der Waals surface area contributed by atoms with E-state index in [4.69, 9.17) is 5.73 Å². The van der Waals surface area contributed by atoms with E-state index in [2.05, 4.69) is 17.1 Å². The Morgan fingerprint density at radius 3 is 2.57 bits per heavy atom. The third-order valence-electron chi connectivity index (χ3n) is 3.01. The second-order valence-electron chi connectivity index (χ2n) is 4.23. The maximum absolute atomic E-state index is 11.0. The van der Waals surface area contributed by atoms with E-state index in [1.54, 1.807) is 7.05 Å². The van der Waals surface area contributed by atoms with Gasteiger partial charge in [-0.2, -0.15) is 0 Å². The Morgan fingerprint density at radius 1 is 1.57 bits per heavy atom. The molecule has 0 aliphatic carbocycles. The highest BCUT2D eigenvalue weighted by molar-refractivity contribution is 5.80. The van der Waals surface area contributed by atoms with Crippen LogP contribution >= 0.6 is 0 Å². The van der Waals surface area contributed by atoms with Crippen molar-refractivity contribution in [1.29, 1.82) is 0 Å². The number of hydrogen-bond donors (Lipinski definition) is 2. The SMILES string of the molecule is CNC(CN1CCC(C)CC1)C(N)=O. The zero-order valence-corrected chi connectivity index (χ0v) is 9.12. The predicted octanol–water partition coefficient (Wildman–Crippen LogP) is -0.208. The lowest BCUT2D eigenvalue weighted by Crippen LogP contribution is -2.49. The molecule has 0 spiro atoms. The Labute approximate surface area is 85.8 Å². The third-order valence-corrected chi connectivity index (χ3v) is 3.01. The molecular formula is C10H21N3O. The predicted molar refractivity (Wildman–Crippen MR) is 56.9 cm³/mol. The average Bonchev–Trinajstić information content (AvgIpc) is 2.16. The number of nitrogens with two attached hydrogens (primary N) is 1. The fraction of sp³-hybridized carbons (Fsp3) is 0.900. The minimum atomic E-state index is -0.258. The number of carbonyl (C=O) groups is 1. The van der Waals surface area contributed by atoms with Crippen LogP contribution in [0.2, 0.25) is 0 Å².